The molecule has 2 amide bonds. The van der Waals surface area contributed by atoms with Gasteiger partial charge >= 0.3 is 0 Å². The van der Waals surface area contributed by atoms with Crippen molar-refractivity contribution in [1.29, 1.82) is 0 Å². The van der Waals surface area contributed by atoms with Gasteiger partial charge in [-0.25, -0.2) is 0 Å². The largest absolute Gasteiger partial charge is 0.326 e. The van der Waals surface area contributed by atoms with Crippen molar-refractivity contribution in [3.8, 4) is 0 Å². The Morgan fingerprint density at radius 1 is 1.12 bits per heavy atom. The molecule has 26 heavy (non-hydrogen) atoms. The summed E-state index contributed by atoms with van der Waals surface area (Å²) in [7, 11) is 0. The quantitative estimate of drug-likeness (QED) is 0.420. The highest BCUT2D eigenvalue weighted by Crippen LogP contribution is 2.32. The zero-order valence-corrected chi connectivity index (χ0v) is 15.8. The third-order valence-corrected chi connectivity index (χ3v) is 4.98. The predicted molar refractivity (Wildman–Crippen MR) is 105 cm³/mol. The second-order valence-corrected chi connectivity index (χ2v) is 7.09. The fourth-order valence-corrected chi connectivity index (χ4v) is 3.35. The van der Waals surface area contributed by atoms with Crippen molar-refractivity contribution in [2.75, 3.05) is 22.6 Å². The van der Waals surface area contributed by atoms with Crippen LogP contribution in [-0.2, 0) is 9.59 Å². The molecule has 0 radical (unpaired) electrons. The lowest BCUT2D eigenvalue weighted by Gasteiger charge is -2.08. The number of thioether (sulfide) groups is 2. The summed E-state index contributed by atoms with van der Waals surface area (Å²) < 4.78 is 0. The van der Waals surface area contributed by atoms with Crippen molar-refractivity contribution in [3.05, 3.63) is 52.6 Å². The van der Waals surface area contributed by atoms with Crippen LogP contribution in [0.2, 0.25) is 0 Å². The molecule has 0 spiro atoms. The van der Waals surface area contributed by atoms with Gasteiger partial charge in [0.05, 0.1) is 15.6 Å². The van der Waals surface area contributed by atoms with Gasteiger partial charge in [0.15, 0.2) is 0 Å². The first-order valence-electron chi connectivity index (χ1n) is 7.52. The van der Waals surface area contributed by atoms with Crippen LogP contribution >= 0.6 is 23.5 Å². The van der Waals surface area contributed by atoms with Crippen LogP contribution in [0.25, 0.3) is 0 Å². The molecule has 0 saturated carbocycles. The number of nitro groups is 1. The Bertz CT molecular complexity index is 843. The zero-order chi connectivity index (χ0) is 19.1. The topological polar surface area (TPSA) is 101 Å². The Balaban J connectivity index is 2.01. The Hall–Kier alpha value is -2.52. The maximum atomic E-state index is 12.1. The molecule has 2 N–H and O–H groups in total. The number of carbonyl (C=O) groups excluding carboxylic acids is 2. The zero-order valence-electron chi connectivity index (χ0n) is 14.1. The van der Waals surface area contributed by atoms with Crippen LogP contribution in [0.3, 0.4) is 0 Å². The van der Waals surface area contributed by atoms with Crippen LogP contribution in [0.1, 0.15) is 6.92 Å². The predicted octanol–water partition coefficient (Wildman–Crippen LogP) is 4.01. The fourth-order valence-electron chi connectivity index (χ4n) is 2.11. The smallest absolute Gasteiger partial charge is 0.284 e. The minimum Gasteiger partial charge on any atom is -0.326 e. The summed E-state index contributed by atoms with van der Waals surface area (Å²) in [6.07, 6.45) is 1.84. The second-order valence-electron chi connectivity index (χ2n) is 5.19. The average molecular weight is 391 g/mol. The van der Waals surface area contributed by atoms with Gasteiger partial charge in [-0.1, -0.05) is 6.07 Å². The fraction of sp³-hybridized carbons (Fsp3) is 0.176. The third-order valence-electron chi connectivity index (χ3n) is 3.19. The first kappa shape index (κ1) is 19.8. The van der Waals surface area contributed by atoms with Gasteiger partial charge in [0.25, 0.3) is 5.69 Å². The van der Waals surface area contributed by atoms with Gasteiger partial charge < -0.3 is 10.6 Å². The van der Waals surface area contributed by atoms with Crippen LogP contribution < -0.4 is 10.6 Å². The van der Waals surface area contributed by atoms with E-state index in [1.807, 2.05) is 6.26 Å². The van der Waals surface area contributed by atoms with Crippen molar-refractivity contribution in [1.82, 2.24) is 0 Å². The Morgan fingerprint density at radius 3 is 2.42 bits per heavy atom. The number of hydrogen-bond donors (Lipinski definition) is 2. The van der Waals surface area contributed by atoms with E-state index in [0.717, 1.165) is 16.7 Å². The number of nitrogens with zero attached hydrogens (tertiary/aromatic N) is 1. The van der Waals surface area contributed by atoms with Gasteiger partial charge in [0.2, 0.25) is 11.8 Å². The van der Waals surface area contributed by atoms with E-state index in [9.17, 15) is 19.7 Å². The number of benzene rings is 2. The molecule has 2 aromatic carbocycles. The van der Waals surface area contributed by atoms with Gasteiger partial charge in [0.1, 0.15) is 0 Å². The molecule has 0 bridgehead atoms. The summed E-state index contributed by atoms with van der Waals surface area (Å²) in [5.74, 6) is -0.465. The number of carbonyl (C=O) groups is 2. The van der Waals surface area contributed by atoms with Crippen molar-refractivity contribution < 1.29 is 14.5 Å². The van der Waals surface area contributed by atoms with E-state index in [1.165, 1.54) is 24.8 Å². The lowest BCUT2D eigenvalue weighted by atomic mass is 10.2. The number of anilines is 2. The van der Waals surface area contributed by atoms with E-state index in [-0.39, 0.29) is 23.3 Å². The van der Waals surface area contributed by atoms with Crippen LogP contribution in [0, 0.1) is 10.1 Å². The second kappa shape index (κ2) is 9.25. The first-order valence-corrected chi connectivity index (χ1v) is 9.73. The van der Waals surface area contributed by atoms with Crippen LogP contribution in [0.15, 0.2) is 52.3 Å². The van der Waals surface area contributed by atoms with Gasteiger partial charge in [0, 0.05) is 29.3 Å². The molecule has 0 heterocycles. The highest BCUT2D eigenvalue weighted by Gasteiger charge is 2.16. The highest BCUT2D eigenvalue weighted by atomic mass is 32.2. The van der Waals surface area contributed by atoms with Gasteiger partial charge in [-0.2, -0.15) is 0 Å². The molecular weight excluding hydrogens is 374 g/mol. The standard InChI is InChI=1S/C17H17N3O4S2/c1-11(21)18-12-4-3-5-13(8-12)19-17(22)10-26-16-7-6-14(25-2)9-15(16)20(23)24/h3-9H,10H2,1-2H3,(H,18,21)(H,19,22). The van der Waals surface area contributed by atoms with Gasteiger partial charge in [-0.05, 0) is 36.6 Å². The molecule has 0 aliphatic carbocycles. The molecule has 136 valence electrons. The molecule has 2 aromatic rings. The molecule has 0 atom stereocenters. The molecule has 0 fully saturated rings. The number of nitro benzene ring substituents is 1. The monoisotopic (exact) mass is 391 g/mol. The normalized spacial score (nSPS) is 10.2. The molecule has 2 rings (SSSR count). The van der Waals surface area contributed by atoms with Crippen molar-refractivity contribution in [3.63, 3.8) is 0 Å². The molecule has 0 saturated heterocycles. The number of amides is 2. The molecule has 0 aliphatic rings. The SMILES string of the molecule is CSc1ccc(SCC(=O)Nc2cccc(NC(C)=O)c2)c([N+](=O)[O-])c1. The van der Waals surface area contributed by atoms with Crippen molar-refractivity contribution in [2.24, 2.45) is 0 Å². The molecule has 9 heteroatoms. The van der Waals surface area contributed by atoms with E-state index < -0.39 is 4.92 Å². The molecular formula is C17H17N3O4S2. The van der Waals surface area contributed by atoms with Crippen LogP contribution in [0.5, 0.6) is 0 Å². The van der Waals surface area contributed by atoms with Gasteiger partial charge in [-0.3, -0.25) is 19.7 Å². The molecule has 0 aromatic heterocycles. The summed E-state index contributed by atoms with van der Waals surface area (Å²) in [4.78, 5) is 35.2. The van der Waals surface area contributed by atoms with Gasteiger partial charge in [-0.15, -0.1) is 23.5 Å². The third kappa shape index (κ3) is 5.78. The molecule has 0 aliphatic heterocycles. The Kier molecular flexibility index (Phi) is 7.05. The van der Waals surface area contributed by atoms with E-state index in [4.69, 9.17) is 0 Å². The lowest BCUT2D eigenvalue weighted by Crippen LogP contribution is -2.14. The number of nitrogens with one attached hydrogen (secondary N) is 2. The number of rotatable bonds is 7. The summed E-state index contributed by atoms with van der Waals surface area (Å²) in [6.45, 7) is 1.40. The minimum atomic E-state index is -0.448. The van der Waals surface area contributed by atoms with E-state index in [0.29, 0.717) is 16.3 Å². The minimum absolute atomic E-state index is 0.0118. The summed E-state index contributed by atoms with van der Waals surface area (Å²) in [6, 6.07) is 11.7. The van der Waals surface area contributed by atoms with Crippen LogP contribution in [-0.4, -0.2) is 28.7 Å². The Morgan fingerprint density at radius 2 is 1.81 bits per heavy atom. The summed E-state index contributed by atoms with van der Waals surface area (Å²) in [5.41, 5.74) is 1.10. The summed E-state index contributed by atoms with van der Waals surface area (Å²) in [5, 5.41) is 16.5. The Labute approximate surface area is 159 Å². The van der Waals surface area contributed by atoms with Crippen molar-refractivity contribution >= 4 is 52.4 Å². The average Bonchev–Trinajstić information content (AvgIpc) is 2.59. The highest BCUT2D eigenvalue weighted by molar-refractivity contribution is 8.00. The molecule has 7 nitrogen and oxygen atoms in total. The van der Waals surface area contributed by atoms with Crippen LogP contribution in [0.4, 0.5) is 17.1 Å². The van der Waals surface area contributed by atoms with E-state index in [1.54, 1.807) is 36.4 Å². The van der Waals surface area contributed by atoms with E-state index in [2.05, 4.69) is 10.6 Å². The van der Waals surface area contributed by atoms with Crippen molar-refractivity contribution in [2.45, 2.75) is 16.7 Å². The maximum absolute atomic E-state index is 12.1. The lowest BCUT2D eigenvalue weighted by molar-refractivity contribution is -0.387. The first-order chi connectivity index (χ1) is 12.4. The van der Waals surface area contributed by atoms with E-state index >= 15 is 0 Å². The summed E-state index contributed by atoms with van der Waals surface area (Å²) >= 11 is 2.52. The maximum Gasteiger partial charge on any atom is 0.284 e. The molecule has 0 unspecified atom stereocenters. The number of hydrogen-bond acceptors (Lipinski definition) is 6.